The third kappa shape index (κ3) is 4.13. The van der Waals surface area contributed by atoms with Crippen molar-refractivity contribution >= 4 is 28.2 Å². The molecule has 1 amide bonds. The topological polar surface area (TPSA) is 113 Å². The fraction of sp³-hybridized carbons (Fsp3) is 0.182. The molecular weight excluding hydrogens is 380 g/mol. The van der Waals surface area contributed by atoms with Crippen LogP contribution in [-0.4, -0.2) is 42.0 Å². The van der Waals surface area contributed by atoms with Gasteiger partial charge in [-0.3, -0.25) is 9.59 Å². The number of aromatic amines is 1. The lowest BCUT2D eigenvalue weighted by Crippen LogP contribution is -2.46. The Kier molecular flexibility index (Phi) is 5.67. The molecule has 1 aliphatic heterocycles. The van der Waals surface area contributed by atoms with Gasteiger partial charge in [-0.2, -0.15) is 5.11 Å². The maximum atomic E-state index is 12.7. The molecule has 0 bridgehead atoms. The van der Waals surface area contributed by atoms with Crippen LogP contribution in [-0.2, 0) is 0 Å². The molecule has 2 aromatic carbocycles. The van der Waals surface area contributed by atoms with Crippen LogP contribution in [0.4, 0.5) is 5.69 Å². The number of carbonyl (C=O) groups is 1. The number of hydrogen-bond donors (Lipinski definition) is 4. The fourth-order valence-corrected chi connectivity index (χ4v) is 3.45. The minimum Gasteiger partial charge on any atom is -0.360 e. The zero-order valence-corrected chi connectivity index (χ0v) is 16.3. The van der Waals surface area contributed by atoms with E-state index < -0.39 is 0 Å². The van der Waals surface area contributed by atoms with Gasteiger partial charge in [0.05, 0.1) is 5.56 Å². The average Bonchev–Trinajstić information content (AvgIpc) is 2.80. The van der Waals surface area contributed by atoms with Crippen LogP contribution in [0.25, 0.3) is 16.6 Å². The van der Waals surface area contributed by atoms with E-state index in [4.69, 9.17) is 5.53 Å². The number of pyridine rings is 1. The molecule has 8 heteroatoms. The molecule has 4 N–H and O–H groups in total. The van der Waals surface area contributed by atoms with Crippen LogP contribution in [0.15, 0.2) is 70.7 Å². The van der Waals surface area contributed by atoms with Crippen molar-refractivity contribution in [1.29, 1.82) is 5.53 Å². The highest BCUT2D eigenvalue weighted by molar-refractivity contribution is 5.95. The summed E-state index contributed by atoms with van der Waals surface area (Å²) in [6.45, 7) is 2.95. The quantitative estimate of drug-likeness (QED) is 0.491. The first kappa shape index (κ1) is 19.5. The number of nitrogens with one attached hydrogen (secondary N) is 4. The first-order valence-electron chi connectivity index (χ1n) is 9.72. The van der Waals surface area contributed by atoms with Gasteiger partial charge >= 0.3 is 0 Å². The lowest BCUT2D eigenvalue weighted by molar-refractivity contribution is 0.0736. The third-order valence-electron chi connectivity index (χ3n) is 5.04. The van der Waals surface area contributed by atoms with Gasteiger partial charge in [0.15, 0.2) is 0 Å². The van der Waals surface area contributed by atoms with Gasteiger partial charge in [0, 0.05) is 49.1 Å². The van der Waals surface area contributed by atoms with Gasteiger partial charge in [0.25, 0.3) is 11.5 Å². The van der Waals surface area contributed by atoms with Gasteiger partial charge in [-0.1, -0.05) is 24.3 Å². The van der Waals surface area contributed by atoms with Crippen LogP contribution in [0.3, 0.4) is 0 Å². The summed E-state index contributed by atoms with van der Waals surface area (Å²) in [5.74, 6) is -0.0134. The number of piperazine rings is 1. The molecular formula is C22H22N6O2. The molecule has 152 valence electrons. The number of H-pyrrole nitrogens is 1. The third-order valence-corrected chi connectivity index (χ3v) is 5.04. The second kappa shape index (κ2) is 8.71. The summed E-state index contributed by atoms with van der Waals surface area (Å²) in [5, 5.41) is 10.7. The largest absolute Gasteiger partial charge is 0.360 e. The van der Waals surface area contributed by atoms with E-state index >= 15 is 0 Å². The van der Waals surface area contributed by atoms with E-state index in [1.165, 1.54) is 6.20 Å². The zero-order chi connectivity index (χ0) is 20.9. The van der Waals surface area contributed by atoms with Crippen molar-refractivity contribution in [2.24, 2.45) is 5.11 Å². The van der Waals surface area contributed by atoms with Gasteiger partial charge in [-0.25, -0.2) is 5.53 Å². The normalized spacial score (nSPS) is 14.5. The fourth-order valence-electron chi connectivity index (χ4n) is 3.45. The molecule has 30 heavy (non-hydrogen) atoms. The smallest absolute Gasteiger partial charge is 0.258 e. The summed E-state index contributed by atoms with van der Waals surface area (Å²) >= 11 is 0. The maximum absolute atomic E-state index is 12.7. The molecule has 0 radical (unpaired) electrons. The summed E-state index contributed by atoms with van der Waals surface area (Å²) in [6, 6.07) is 16.3. The minimum atomic E-state index is -0.319. The molecule has 0 spiro atoms. The molecule has 2 heterocycles. The molecule has 1 fully saturated rings. The van der Waals surface area contributed by atoms with Gasteiger partial charge in [-0.15, -0.1) is 0 Å². The lowest BCUT2D eigenvalue weighted by atomic mass is 10.1. The van der Waals surface area contributed by atoms with E-state index in [-0.39, 0.29) is 17.2 Å². The SMILES string of the molecule is N=N/C(=C\Nc1cccc(C(=O)N2CCNCC2)c1)c1cc2ccccc2[nH]c1=O. The van der Waals surface area contributed by atoms with Gasteiger partial charge < -0.3 is 20.5 Å². The Morgan fingerprint density at radius 3 is 2.70 bits per heavy atom. The number of benzene rings is 2. The van der Waals surface area contributed by atoms with Crippen molar-refractivity contribution in [3.63, 3.8) is 0 Å². The van der Waals surface area contributed by atoms with Crippen molar-refractivity contribution in [2.75, 3.05) is 31.5 Å². The highest BCUT2D eigenvalue weighted by Crippen LogP contribution is 2.19. The number of aromatic nitrogens is 1. The van der Waals surface area contributed by atoms with Crippen molar-refractivity contribution < 1.29 is 4.79 Å². The molecule has 1 aliphatic rings. The molecule has 0 unspecified atom stereocenters. The number of rotatable bonds is 5. The van der Waals surface area contributed by atoms with Crippen LogP contribution in [0.2, 0.25) is 0 Å². The summed E-state index contributed by atoms with van der Waals surface area (Å²) in [7, 11) is 0. The Balaban J connectivity index is 1.58. The van der Waals surface area contributed by atoms with Crippen molar-refractivity contribution in [2.45, 2.75) is 0 Å². The predicted molar refractivity (Wildman–Crippen MR) is 117 cm³/mol. The summed E-state index contributed by atoms with van der Waals surface area (Å²) in [6.07, 6.45) is 1.50. The standard InChI is InChI=1S/C22H22N6O2/c23-27-20(18-13-15-4-1-2-7-19(15)26-21(18)29)14-25-17-6-3-5-16(12-17)22(30)28-10-8-24-9-11-28/h1-7,12-14,23-25H,8-11H2,(H,26,29)/b20-14-,27-23?. The van der Waals surface area contributed by atoms with Gasteiger partial charge in [0.2, 0.25) is 0 Å². The first-order valence-corrected chi connectivity index (χ1v) is 9.72. The molecule has 1 aromatic heterocycles. The molecule has 0 saturated carbocycles. The number of carbonyl (C=O) groups excluding carboxylic acids is 1. The monoisotopic (exact) mass is 402 g/mol. The molecule has 4 rings (SSSR count). The highest BCUT2D eigenvalue weighted by atomic mass is 16.2. The van der Waals surface area contributed by atoms with Crippen LogP contribution in [0.1, 0.15) is 15.9 Å². The first-order chi connectivity index (χ1) is 14.7. The Morgan fingerprint density at radius 2 is 1.90 bits per heavy atom. The second-order valence-corrected chi connectivity index (χ2v) is 7.01. The Hall–Kier alpha value is -3.78. The summed E-state index contributed by atoms with van der Waals surface area (Å²) in [5.41, 5.74) is 9.67. The lowest BCUT2D eigenvalue weighted by Gasteiger charge is -2.27. The number of fused-ring (bicyclic) bond motifs is 1. The minimum absolute atomic E-state index is 0.0134. The molecule has 0 atom stereocenters. The van der Waals surface area contributed by atoms with E-state index in [1.54, 1.807) is 24.3 Å². The predicted octanol–water partition coefficient (Wildman–Crippen LogP) is 3.01. The Bertz CT molecular complexity index is 1180. The van der Waals surface area contributed by atoms with E-state index in [1.807, 2.05) is 35.2 Å². The van der Waals surface area contributed by atoms with E-state index in [0.717, 1.165) is 24.0 Å². The van der Waals surface area contributed by atoms with Crippen LogP contribution in [0, 0.1) is 5.53 Å². The average molecular weight is 402 g/mol. The van der Waals surface area contributed by atoms with Crippen LogP contribution < -0.4 is 16.2 Å². The number of hydrogen-bond acceptors (Lipinski definition) is 6. The Labute approximate surface area is 173 Å². The van der Waals surface area contributed by atoms with Crippen molar-refractivity contribution in [1.82, 2.24) is 15.2 Å². The van der Waals surface area contributed by atoms with Gasteiger partial charge in [0.1, 0.15) is 5.70 Å². The summed E-state index contributed by atoms with van der Waals surface area (Å²) < 4.78 is 0. The Morgan fingerprint density at radius 1 is 1.10 bits per heavy atom. The van der Waals surface area contributed by atoms with Crippen LogP contribution >= 0.6 is 0 Å². The molecule has 1 saturated heterocycles. The number of nitrogens with zero attached hydrogens (tertiary/aromatic N) is 2. The van der Waals surface area contributed by atoms with Crippen molar-refractivity contribution in [3.8, 4) is 0 Å². The highest BCUT2D eigenvalue weighted by Gasteiger charge is 2.18. The van der Waals surface area contributed by atoms with Gasteiger partial charge in [-0.05, 0) is 35.7 Å². The number of anilines is 1. The molecule has 8 nitrogen and oxygen atoms in total. The van der Waals surface area contributed by atoms with Crippen LogP contribution in [0.5, 0.6) is 0 Å². The van der Waals surface area contributed by atoms with E-state index in [0.29, 0.717) is 29.9 Å². The maximum Gasteiger partial charge on any atom is 0.258 e. The van der Waals surface area contributed by atoms with E-state index in [9.17, 15) is 9.59 Å². The second-order valence-electron chi connectivity index (χ2n) is 7.01. The zero-order valence-electron chi connectivity index (χ0n) is 16.3. The van der Waals surface area contributed by atoms with Crippen molar-refractivity contribution in [3.05, 3.63) is 82.3 Å². The molecule has 0 aliphatic carbocycles. The molecule has 3 aromatic rings. The number of para-hydroxylation sites is 1. The summed E-state index contributed by atoms with van der Waals surface area (Å²) in [4.78, 5) is 29.8. The van der Waals surface area contributed by atoms with E-state index in [2.05, 4.69) is 20.7 Å². The number of amides is 1.